The van der Waals surface area contributed by atoms with Crippen molar-refractivity contribution in [2.75, 3.05) is 19.6 Å². The summed E-state index contributed by atoms with van der Waals surface area (Å²) in [4.78, 5) is 2.80. The van der Waals surface area contributed by atoms with E-state index in [2.05, 4.69) is 44.8 Å². The lowest BCUT2D eigenvalue weighted by Crippen LogP contribution is -2.61. The Balaban J connectivity index is 1.94. The zero-order valence-electron chi connectivity index (χ0n) is 13.0. The Hall–Kier alpha value is -0.0800. The third kappa shape index (κ3) is 3.71. The molecule has 1 N–H and O–H groups in total. The van der Waals surface area contributed by atoms with Crippen LogP contribution in [-0.2, 0) is 0 Å². The van der Waals surface area contributed by atoms with Gasteiger partial charge in [0.05, 0.1) is 0 Å². The second kappa shape index (κ2) is 5.50. The lowest BCUT2D eigenvalue weighted by Gasteiger charge is -2.45. The standard InChI is InChI=1S/C16H32N2/c1-12(2)8-9-18-11-15(16(3,4)5)17-10-14(18)13-6-7-13/h12-15,17H,6-11H2,1-5H3. The Morgan fingerprint density at radius 3 is 2.39 bits per heavy atom. The van der Waals surface area contributed by atoms with Gasteiger partial charge in [-0.1, -0.05) is 34.6 Å². The molecule has 1 saturated heterocycles. The molecule has 1 saturated carbocycles. The average molecular weight is 252 g/mol. The van der Waals surface area contributed by atoms with Gasteiger partial charge in [0, 0.05) is 25.2 Å². The summed E-state index contributed by atoms with van der Waals surface area (Å²) in [5.41, 5.74) is 0.380. The molecule has 1 heterocycles. The van der Waals surface area contributed by atoms with Crippen molar-refractivity contribution in [2.45, 2.75) is 66.0 Å². The van der Waals surface area contributed by atoms with Crippen molar-refractivity contribution in [2.24, 2.45) is 17.3 Å². The highest BCUT2D eigenvalue weighted by atomic mass is 15.2. The van der Waals surface area contributed by atoms with Crippen molar-refractivity contribution in [1.82, 2.24) is 10.2 Å². The SMILES string of the molecule is CC(C)CCN1CC(C(C)(C)C)NCC1C1CC1. The third-order valence-corrected chi connectivity index (χ3v) is 4.66. The van der Waals surface area contributed by atoms with Gasteiger partial charge in [-0.25, -0.2) is 0 Å². The highest BCUT2D eigenvalue weighted by molar-refractivity contribution is 4.97. The van der Waals surface area contributed by atoms with Crippen molar-refractivity contribution in [3.63, 3.8) is 0 Å². The number of piperazine rings is 1. The monoisotopic (exact) mass is 252 g/mol. The van der Waals surface area contributed by atoms with Gasteiger partial charge in [-0.2, -0.15) is 0 Å². The number of rotatable bonds is 4. The second-order valence-corrected chi connectivity index (χ2v) is 7.91. The molecule has 0 aromatic carbocycles. The summed E-state index contributed by atoms with van der Waals surface area (Å²) in [6, 6.07) is 1.47. The van der Waals surface area contributed by atoms with E-state index in [4.69, 9.17) is 0 Å². The third-order valence-electron chi connectivity index (χ3n) is 4.66. The summed E-state index contributed by atoms with van der Waals surface area (Å²) in [6.45, 7) is 15.5. The predicted octanol–water partition coefficient (Wildman–Crippen LogP) is 3.13. The number of nitrogens with zero attached hydrogens (tertiary/aromatic N) is 1. The maximum absolute atomic E-state index is 3.81. The fraction of sp³-hybridized carbons (Fsp3) is 1.00. The van der Waals surface area contributed by atoms with E-state index in [0.29, 0.717) is 11.5 Å². The molecule has 2 unspecified atom stereocenters. The summed E-state index contributed by atoms with van der Waals surface area (Å²) in [5.74, 6) is 1.82. The Morgan fingerprint density at radius 2 is 1.89 bits per heavy atom. The minimum Gasteiger partial charge on any atom is -0.311 e. The van der Waals surface area contributed by atoms with Gasteiger partial charge in [-0.05, 0) is 43.1 Å². The normalized spacial score (nSPS) is 31.0. The van der Waals surface area contributed by atoms with Crippen LogP contribution in [0.15, 0.2) is 0 Å². The van der Waals surface area contributed by atoms with E-state index in [-0.39, 0.29) is 0 Å². The highest BCUT2D eigenvalue weighted by Gasteiger charge is 2.40. The summed E-state index contributed by atoms with van der Waals surface area (Å²) in [6.07, 6.45) is 4.27. The number of hydrogen-bond donors (Lipinski definition) is 1. The Labute approximate surface area is 114 Å². The van der Waals surface area contributed by atoms with Gasteiger partial charge in [-0.15, -0.1) is 0 Å². The Bertz CT molecular complexity index is 263. The zero-order valence-corrected chi connectivity index (χ0v) is 13.0. The molecule has 0 aromatic rings. The van der Waals surface area contributed by atoms with E-state index in [1.54, 1.807) is 0 Å². The molecule has 1 aliphatic heterocycles. The van der Waals surface area contributed by atoms with Gasteiger partial charge in [0.1, 0.15) is 0 Å². The molecule has 0 radical (unpaired) electrons. The van der Waals surface area contributed by atoms with Gasteiger partial charge in [0.15, 0.2) is 0 Å². The minimum atomic E-state index is 0.380. The average Bonchev–Trinajstić information content (AvgIpc) is 3.08. The fourth-order valence-corrected chi connectivity index (χ4v) is 3.03. The van der Waals surface area contributed by atoms with Crippen molar-refractivity contribution in [3.8, 4) is 0 Å². The van der Waals surface area contributed by atoms with E-state index < -0.39 is 0 Å². The van der Waals surface area contributed by atoms with Crippen LogP contribution in [0.1, 0.15) is 53.9 Å². The van der Waals surface area contributed by atoms with Gasteiger partial charge in [-0.3, -0.25) is 4.90 Å². The summed E-state index contributed by atoms with van der Waals surface area (Å²) in [5, 5.41) is 3.81. The van der Waals surface area contributed by atoms with Crippen LogP contribution >= 0.6 is 0 Å². The largest absolute Gasteiger partial charge is 0.311 e. The molecule has 2 atom stereocenters. The van der Waals surface area contributed by atoms with Crippen molar-refractivity contribution >= 4 is 0 Å². The van der Waals surface area contributed by atoms with Crippen LogP contribution in [0.2, 0.25) is 0 Å². The van der Waals surface area contributed by atoms with Gasteiger partial charge in [0.2, 0.25) is 0 Å². The van der Waals surface area contributed by atoms with Crippen LogP contribution in [0.5, 0.6) is 0 Å². The lowest BCUT2D eigenvalue weighted by molar-refractivity contribution is 0.0713. The number of hydrogen-bond acceptors (Lipinski definition) is 2. The molecule has 2 heteroatoms. The quantitative estimate of drug-likeness (QED) is 0.827. The zero-order chi connectivity index (χ0) is 13.3. The summed E-state index contributed by atoms with van der Waals surface area (Å²) < 4.78 is 0. The molecule has 0 spiro atoms. The Kier molecular flexibility index (Phi) is 4.38. The summed E-state index contributed by atoms with van der Waals surface area (Å²) in [7, 11) is 0. The van der Waals surface area contributed by atoms with Crippen molar-refractivity contribution < 1.29 is 0 Å². The molecular weight excluding hydrogens is 220 g/mol. The molecule has 2 fully saturated rings. The lowest BCUT2D eigenvalue weighted by atomic mass is 9.84. The maximum Gasteiger partial charge on any atom is 0.0249 e. The fourth-order valence-electron chi connectivity index (χ4n) is 3.03. The first kappa shape index (κ1) is 14.3. The topological polar surface area (TPSA) is 15.3 Å². The highest BCUT2D eigenvalue weighted by Crippen LogP contribution is 2.37. The first-order valence-electron chi connectivity index (χ1n) is 7.85. The molecule has 1 aliphatic carbocycles. The van der Waals surface area contributed by atoms with Gasteiger partial charge in [0.25, 0.3) is 0 Å². The van der Waals surface area contributed by atoms with E-state index in [0.717, 1.165) is 17.9 Å². The minimum absolute atomic E-state index is 0.380. The molecule has 0 amide bonds. The molecule has 106 valence electrons. The van der Waals surface area contributed by atoms with E-state index >= 15 is 0 Å². The van der Waals surface area contributed by atoms with E-state index in [1.165, 1.54) is 38.9 Å². The second-order valence-electron chi connectivity index (χ2n) is 7.91. The van der Waals surface area contributed by atoms with Crippen molar-refractivity contribution in [1.29, 1.82) is 0 Å². The van der Waals surface area contributed by atoms with Crippen LogP contribution in [-0.4, -0.2) is 36.6 Å². The molecular formula is C16H32N2. The van der Waals surface area contributed by atoms with Crippen LogP contribution < -0.4 is 5.32 Å². The van der Waals surface area contributed by atoms with Crippen LogP contribution in [0.25, 0.3) is 0 Å². The predicted molar refractivity (Wildman–Crippen MR) is 78.8 cm³/mol. The first-order valence-corrected chi connectivity index (χ1v) is 7.85. The molecule has 2 rings (SSSR count). The molecule has 2 nitrogen and oxygen atoms in total. The molecule has 0 bridgehead atoms. The van der Waals surface area contributed by atoms with E-state index in [1.807, 2.05) is 0 Å². The number of nitrogens with one attached hydrogen (secondary N) is 1. The van der Waals surface area contributed by atoms with Crippen LogP contribution in [0.3, 0.4) is 0 Å². The smallest absolute Gasteiger partial charge is 0.0249 e. The van der Waals surface area contributed by atoms with Crippen LogP contribution in [0, 0.1) is 17.3 Å². The molecule has 2 aliphatic rings. The molecule has 0 aromatic heterocycles. The summed E-state index contributed by atoms with van der Waals surface area (Å²) >= 11 is 0. The van der Waals surface area contributed by atoms with Gasteiger partial charge >= 0.3 is 0 Å². The molecule has 18 heavy (non-hydrogen) atoms. The Morgan fingerprint density at radius 1 is 1.22 bits per heavy atom. The van der Waals surface area contributed by atoms with Crippen LogP contribution in [0.4, 0.5) is 0 Å². The first-order chi connectivity index (χ1) is 8.38. The van der Waals surface area contributed by atoms with E-state index in [9.17, 15) is 0 Å². The van der Waals surface area contributed by atoms with Gasteiger partial charge < -0.3 is 5.32 Å². The maximum atomic E-state index is 3.81. The van der Waals surface area contributed by atoms with Crippen molar-refractivity contribution in [3.05, 3.63) is 0 Å².